The van der Waals surface area contributed by atoms with Gasteiger partial charge in [-0.2, -0.15) is 0 Å². The van der Waals surface area contributed by atoms with Crippen LogP contribution in [0.15, 0.2) is 48.5 Å². The summed E-state index contributed by atoms with van der Waals surface area (Å²) in [4.78, 5) is 24.3. The molecule has 3 nitrogen and oxygen atoms in total. The van der Waals surface area contributed by atoms with Crippen LogP contribution in [-0.4, -0.2) is 17.1 Å². The number of para-hydroxylation sites is 1. The molecule has 0 aliphatic heterocycles. The van der Waals surface area contributed by atoms with Crippen molar-refractivity contribution in [2.45, 2.75) is 19.2 Å². The summed E-state index contributed by atoms with van der Waals surface area (Å²) in [5, 5.41) is 1.49. The summed E-state index contributed by atoms with van der Waals surface area (Å²) in [6.45, 7) is 3.79. The Morgan fingerprint density at radius 3 is 2.10 bits per heavy atom. The van der Waals surface area contributed by atoms with Gasteiger partial charge < -0.3 is 5.32 Å². The van der Waals surface area contributed by atoms with Crippen LogP contribution >= 0.6 is 11.6 Å². The highest BCUT2D eigenvalue weighted by atomic mass is 35.5. The highest BCUT2D eigenvalue weighted by Gasteiger charge is 2.25. The van der Waals surface area contributed by atoms with E-state index in [1.165, 1.54) is 0 Å². The highest BCUT2D eigenvalue weighted by molar-refractivity contribution is 6.45. The minimum atomic E-state index is -1.24. The molecule has 1 N–H and O–H groups in total. The molecule has 1 amide bonds. The number of halogens is 1. The molecular formula is C17H16ClNO2. The Labute approximate surface area is 128 Å². The van der Waals surface area contributed by atoms with E-state index in [1.807, 2.05) is 32.0 Å². The zero-order chi connectivity index (χ0) is 15.4. The van der Waals surface area contributed by atoms with Crippen molar-refractivity contribution in [3.05, 3.63) is 65.2 Å². The molecule has 0 spiro atoms. The van der Waals surface area contributed by atoms with Gasteiger partial charge in [0.25, 0.3) is 0 Å². The van der Waals surface area contributed by atoms with E-state index < -0.39 is 17.1 Å². The monoisotopic (exact) mass is 301 g/mol. The van der Waals surface area contributed by atoms with Gasteiger partial charge in [-0.1, -0.05) is 48.5 Å². The number of amides is 1. The molecule has 0 aromatic heterocycles. The second-order valence-electron chi connectivity index (χ2n) is 4.85. The van der Waals surface area contributed by atoms with Gasteiger partial charge >= 0.3 is 0 Å². The topological polar surface area (TPSA) is 46.2 Å². The standard InChI is InChI=1S/C17H16ClNO2/c1-11-7-6-8-12(2)15(11)19-17(21)14(18)16(20)13-9-4-3-5-10-13/h3-10,14H,1-2H3,(H,19,21)/t14-/m1/s1. The maximum absolute atomic E-state index is 12.2. The summed E-state index contributed by atoms with van der Waals surface area (Å²) in [5.74, 6) is -0.913. The average Bonchev–Trinajstić information content (AvgIpc) is 2.50. The average molecular weight is 302 g/mol. The Kier molecular flexibility index (Phi) is 4.76. The minimum absolute atomic E-state index is 0.402. The number of Topliss-reactive ketones (excluding diaryl/α,β-unsaturated/α-hetero) is 1. The van der Waals surface area contributed by atoms with Crippen LogP contribution in [0.5, 0.6) is 0 Å². The lowest BCUT2D eigenvalue weighted by molar-refractivity contribution is -0.115. The van der Waals surface area contributed by atoms with Gasteiger partial charge in [0.15, 0.2) is 11.2 Å². The number of alkyl halides is 1. The fraction of sp³-hybridized carbons (Fsp3) is 0.176. The Balaban J connectivity index is 2.15. The van der Waals surface area contributed by atoms with E-state index in [2.05, 4.69) is 5.32 Å². The number of nitrogens with one attached hydrogen (secondary N) is 1. The smallest absolute Gasteiger partial charge is 0.250 e. The summed E-state index contributed by atoms with van der Waals surface area (Å²) in [5.41, 5.74) is 2.99. The minimum Gasteiger partial charge on any atom is -0.324 e. The van der Waals surface area contributed by atoms with E-state index in [1.54, 1.807) is 30.3 Å². The van der Waals surface area contributed by atoms with Gasteiger partial charge in [-0.3, -0.25) is 9.59 Å². The van der Waals surface area contributed by atoms with E-state index in [4.69, 9.17) is 11.6 Å². The zero-order valence-corrected chi connectivity index (χ0v) is 12.6. The molecule has 2 aromatic rings. The number of benzene rings is 2. The summed E-state index contributed by atoms with van der Waals surface area (Å²) >= 11 is 6.01. The van der Waals surface area contributed by atoms with Gasteiger partial charge in [0.2, 0.25) is 5.91 Å². The Morgan fingerprint density at radius 2 is 1.52 bits per heavy atom. The third-order valence-electron chi connectivity index (χ3n) is 3.25. The van der Waals surface area contributed by atoms with Crippen molar-refractivity contribution >= 4 is 29.0 Å². The molecule has 1 atom stereocenters. The first kappa shape index (κ1) is 15.3. The predicted octanol–water partition coefficient (Wildman–Crippen LogP) is 3.73. The quantitative estimate of drug-likeness (QED) is 0.531. The van der Waals surface area contributed by atoms with Gasteiger partial charge in [-0.15, -0.1) is 11.6 Å². The van der Waals surface area contributed by atoms with Crippen molar-refractivity contribution < 1.29 is 9.59 Å². The molecule has 0 saturated heterocycles. The maximum Gasteiger partial charge on any atom is 0.250 e. The first-order valence-corrected chi connectivity index (χ1v) is 7.04. The van der Waals surface area contributed by atoms with Gasteiger partial charge in [0.05, 0.1) is 0 Å². The van der Waals surface area contributed by atoms with Crippen molar-refractivity contribution in [3.63, 3.8) is 0 Å². The van der Waals surface area contributed by atoms with Gasteiger partial charge in [0, 0.05) is 11.3 Å². The van der Waals surface area contributed by atoms with Gasteiger partial charge in [-0.05, 0) is 25.0 Å². The third-order valence-corrected chi connectivity index (χ3v) is 3.64. The third kappa shape index (κ3) is 3.50. The van der Waals surface area contributed by atoms with Crippen molar-refractivity contribution in [1.82, 2.24) is 0 Å². The largest absolute Gasteiger partial charge is 0.324 e. The highest BCUT2D eigenvalue weighted by Crippen LogP contribution is 2.20. The summed E-state index contributed by atoms with van der Waals surface area (Å²) in [6, 6.07) is 14.3. The summed E-state index contributed by atoms with van der Waals surface area (Å²) in [7, 11) is 0. The second kappa shape index (κ2) is 6.55. The normalized spacial score (nSPS) is 11.8. The maximum atomic E-state index is 12.2. The van der Waals surface area contributed by atoms with E-state index in [0.29, 0.717) is 11.3 Å². The molecule has 0 aliphatic rings. The summed E-state index contributed by atoms with van der Waals surface area (Å²) in [6.07, 6.45) is 0. The SMILES string of the molecule is Cc1cccc(C)c1NC(=O)[C@H](Cl)C(=O)c1ccccc1. The number of rotatable bonds is 4. The number of aryl methyl sites for hydroxylation is 2. The number of hydrogen-bond acceptors (Lipinski definition) is 2. The fourth-order valence-corrected chi connectivity index (χ4v) is 2.25. The lowest BCUT2D eigenvalue weighted by atomic mass is 10.1. The van der Waals surface area contributed by atoms with E-state index >= 15 is 0 Å². The van der Waals surface area contributed by atoms with Gasteiger partial charge in [-0.25, -0.2) is 0 Å². The van der Waals surface area contributed by atoms with Crippen molar-refractivity contribution in [2.75, 3.05) is 5.32 Å². The molecule has 0 unspecified atom stereocenters. The number of ketones is 1. The molecule has 0 saturated carbocycles. The second-order valence-corrected chi connectivity index (χ2v) is 5.29. The first-order valence-electron chi connectivity index (χ1n) is 6.61. The van der Waals surface area contributed by atoms with Crippen LogP contribution < -0.4 is 5.32 Å². The Morgan fingerprint density at radius 1 is 0.952 bits per heavy atom. The van der Waals surface area contributed by atoms with Crippen LogP contribution in [0.25, 0.3) is 0 Å². The van der Waals surface area contributed by atoms with Crippen LogP contribution in [0.3, 0.4) is 0 Å². The zero-order valence-electron chi connectivity index (χ0n) is 11.9. The van der Waals surface area contributed by atoms with E-state index in [0.717, 1.165) is 11.1 Å². The van der Waals surface area contributed by atoms with Crippen molar-refractivity contribution in [2.24, 2.45) is 0 Å². The lowest BCUT2D eigenvalue weighted by Gasteiger charge is -2.14. The molecular weight excluding hydrogens is 286 g/mol. The molecule has 4 heteroatoms. The molecule has 0 fully saturated rings. The molecule has 2 rings (SSSR count). The lowest BCUT2D eigenvalue weighted by Crippen LogP contribution is -2.31. The molecule has 0 aliphatic carbocycles. The first-order chi connectivity index (χ1) is 10.0. The van der Waals surface area contributed by atoms with E-state index in [9.17, 15) is 9.59 Å². The Hall–Kier alpha value is -2.13. The number of anilines is 1. The molecule has 21 heavy (non-hydrogen) atoms. The Bertz CT molecular complexity index is 647. The molecule has 2 aromatic carbocycles. The molecule has 108 valence electrons. The van der Waals surface area contributed by atoms with Crippen molar-refractivity contribution in [3.8, 4) is 0 Å². The number of hydrogen-bond donors (Lipinski definition) is 1. The van der Waals surface area contributed by atoms with Crippen LogP contribution in [-0.2, 0) is 4.79 Å². The fourth-order valence-electron chi connectivity index (χ4n) is 2.07. The summed E-state index contributed by atoms with van der Waals surface area (Å²) < 4.78 is 0. The van der Waals surface area contributed by atoms with Crippen LogP contribution in [0, 0.1) is 13.8 Å². The van der Waals surface area contributed by atoms with Crippen molar-refractivity contribution in [1.29, 1.82) is 0 Å². The van der Waals surface area contributed by atoms with Crippen LogP contribution in [0.2, 0.25) is 0 Å². The molecule has 0 heterocycles. The number of carbonyl (C=O) groups is 2. The van der Waals surface area contributed by atoms with Crippen LogP contribution in [0.4, 0.5) is 5.69 Å². The van der Waals surface area contributed by atoms with E-state index in [-0.39, 0.29) is 0 Å². The molecule has 0 bridgehead atoms. The van der Waals surface area contributed by atoms with Crippen LogP contribution in [0.1, 0.15) is 21.5 Å². The van der Waals surface area contributed by atoms with Gasteiger partial charge in [0.1, 0.15) is 0 Å². The number of carbonyl (C=O) groups excluding carboxylic acids is 2. The molecule has 0 radical (unpaired) electrons. The predicted molar refractivity (Wildman–Crippen MR) is 85.0 cm³/mol.